The molecule has 0 radical (unpaired) electrons. The maximum Gasteiger partial charge on any atom is 0.0417 e. The number of nitrogens with one attached hydrogen (secondary N) is 3. The van der Waals surface area contributed by atoms with E-state index in [2.05, 4.69) is 102 Å². The van der Waals surface area contributed by atoms with Crippen molar-refractivity contribution in [2.75, 3.05) is 25.0 Å². The molecule has 2 aromatic carbocycles. The first kappa shape index (κ1) is 26.6. The van der Waals surface area contributed by atoms with E-state index in [1.807, 2.05) is 0 Å². The lowest BCUT2D eigenvalue weighted by Crippen LogP contribution is -2.25. The van der Waals surface area contributed by atoms with Gasteiger partial charge >= 0.3 is 0 Å². The second-order valence-corrected chi connectivity index (χ2v) is 11.2. The lowest BCUT2D eigenvalue weighted by molar-refractivity contribution is 0.443. The van der Waals surface area contributed by atoms with Gasteiger partial charge in [0.1, 0.15) is 0 Å². The van der Waals surface area contributed by atoms with E-state index < -0.39 is 0 Å². The Kier molecular flexibility index (Phi) is 9.55. The van der Waals surface area contributed by atoms with Crippen LogP contribution in [-0.4, -0.2) is 19.6 Å². The average molecular weight is 508 g/mol. The van der Waals surface area contributed by atoms with E-state index in [4.69, 9.17) is 0 Å². The zero-order chi connectivity index (χ0) is 26.0. The van der Waals surface area contributed by atoms with Crippen molar-refractivity contribution in [1.29, 1.82) is 0 Å². The van der Waals surface area contributed by atoms with Crippen molar-refractivity contribution in [2.24, 2.45) is 5.92 Å². The molecular weight excluding hydrogens is 462 g/mol. The van der Waals surface area contributed by atoms with Crippen molar-refractivity contribution < 1.29 is 0 Å². The van der Waals surface area contributed by atoms with Crippen LogP contribution in [0.3, 0.4) is 0 Å². The van der Waals surface area contributed by atoms with Gasteiger partial charge in [-0.3, -0.25) is 0 Å². The highest BCUT2D eigenvalue weighted by molar-refractivity contribution is 5.73. The quantitative estimate of drug-likeness (QED) is 0.236. The van der Waals surface area contributed by atoms with Crippen LogP contribution in [0.15, 0.2) is 95.9 Å². The Hall–Kier alpha value is -3.04. The molecule has 200 valence electrons. The van der Waals surface area contributed by atoms with Gasteiger partial charge in [0.05, 0.1) is 0 Å². The minimum atomic E-state index is 0.741. The highest BCUT2D eigenvalue weighted by atomic mass is 14.9. The smallest absolute Gasteiger partial charge is 0.0417 e. The van der Waals surface area contributed by atoms with Gasteiger partial charge in [-0.2, -0.15) is 0 Å². The summed E-state index contributed by atoms with van der Waals surface area (Å²) in [4.78, 5) is 0. The van der Waals surface area contributed by atoms with Crippen LogP contribution in [0.1, 0.15) is 81.8 Å². The van der Waals surface area contributed by atoms with Crippen LogP contribution >= 0.6 is 0 Å². The fraction of sp³-hybridized carbons (Fsp3) is 0.429. The monoisotopic (exact) mass is 507 g/mol. The second kappa shape index (κ2) is 13.7. The van der Waals surface area contributed by atoms with Gasteiger partial charge in [-0.25, -0.2) is 0 Å². The van der Waals surface area contributed by atoms with Gasteiger partial charge in [0, 0.05) is 30.2 Å². The number of anilines is 1. The standard InChI is InChI=1S/C35H45N3/c1-27(28-9-4-2-5-10-28)35(38-34-20-16-30(17-21-34)29-11-6-3-7-12-29)13-8-24-37-33-18-14-31(15-19-33)32-22-25-36-26-23-32/h2,4-5,8-10,13,16-18,20-22,29,31,36-38H,3,6-7,11-12,14-15,19,23-26H2,1H3/b13-8-,35-27-. The topological polar surface area (TPSA) is 36.1 Å². The summed E-state index contributed by atoms with van der Waals surface area (Å²) < 4.78 is 0. The van der Waals surface area contributed by atoms with Crippen molar-refractivity contribution in [3.8, 4) is 0 Å². The second-order valence-electron chi connectivity index (χ2n) is 11.2. The van der Waals surface area contributed by atoms with E-state index in [1.165, 1.54) is 73.8 Å². The highest BCUT2D eigenvalue weighted by Gasteiger charge is 2.19. The molecule has 0 bridgehead atoms. The minimum Gasteiger partial charge on any atom is -0.385 e. The Morgan fingerprint density at radius 2 is 1.71 bits per heavy atom. The van der Waals surface area contributed by atoms with Crippen molar-refractivity contribution >= 4 is 11.3 Å². The Morgan fingerprint density at radius 3 is 2.42 bits per heavy atom. The van der Waals surface area contributed by atoms with E-state index in [1.54, 1.807) is 5.57 Å². The van der Waals surface area contributed by atoms with Gasteiger partial charge in [-0.1, -0.05) is 85.5 Å². The molecule has 1 atom stereocenters. The van der Waals surface area contributed by atoms with Crippen LogP contribution in [0, 0.1) is 5.92 Å². The fourth-order valence-corrected chi connectivity index (χ4v) is 6.24. The Morgan fingerprint density at radius 1 is 0.895 bits per heavy atom. The summed E-state index contributed by atoms with van der Waals surface area (Å²) in [5.41, 5.74) is 9.38. The minimum absolute atomic E-state index is 0.741. The fourth-order valence-electron chi connectivity index (χ4n) is 6.24. The van der Waals surface area contributed by atoms with Gasteiger partial charge in [0.25, 0.3) is 0 Å². The van der Waals surface area contributed by atoms with Gasteiger partial charge in [-0.05, 0) is 98.7 Å². The largest absolute Gasteiger partial charge is 0.385 e. The summed E-state index contributed by atoms with van der Waals surface area (Å²) >= 11 is 0. The molecule has 1 saturated carbocycles. The molecule has 2 aliphatic carbocycles. The van der Waals surface area contributed by atoms with Gasteiger partial charge < -0.3 is 16.0 Å². The van der Waals surface area contributed by atoms with Gasteiger partial charge in [0.15, 0.2) is 0 Å². The predicted octanol–water partition coefficient (Wildman–Crippen LogP) is 8.33. The first-order valence-corrected chi connectivity index (χ1v) is 14.9. The molecule has 3 N–H and O–H groups in total. The van der Waals surface area contributed by atoms with E-state index in [0.717, 1.165) is 49.3 Å². The number of rotatable bonds is 9. The molecule has 1 unspecified atom stereocenters. The zero-order valence-electron chi connectivity index (χ0n) is 23.1. The lowest BCUT2D eigenvalue weighted by atomic mass is 9.83. The van der Waals surface area contributed by atoms with Crippen molar-refractivity contribution in [3.63, 3.8) is 0 Å². The number of benzene rings is 2. The molecule has 1 heterocycles. The lowest BCUT2D eigenvalue weighted by Gasteiger charge is -2.27. The van der Waals surface area contributed by atoms with Crippen molar-refractivity contribution in [2.45, 2.75) is 70.6 Å². The molecule has 0 aromatic heterocycles. The molecule has 0 amide bonds. The normalized spacial score (nSPS) is 21.4. The molecule has 38 heavy (non-hydrogen) atoms. The number of hydrogen-bond acceptors (Lipinski definition) is 3. The van der Waals surface area contributed by atoms with E-state index in [9.17, 15) is 0 Å². The maximum atomic E-state index is 3.73. The number of allylic oxidation sites excluding steroid dienone is 4. The van der Waals surface area contributed by atoms with Crippen LogP contribution in [0.4, 0.5) is 5.69 Å². The van der Waals surface area contributed by atoms with Crippen LogP contribution < -0.4 is 16.0 Å². The molecular formula is C35H45N3. The molecule has 2 aromatic rings. The third kappa shape index (κ3) is 7.29. The van der Waals surface area contributed by atoms with E-state index in [0.29, 0.717) is 0 Å². The van der Waals surface area contributed by atoms with Crippen molar-refractivity contribution in [3.05, 3.63) is 107 Å². The van der Waals surface area contributed by atoms with Gasteiger partial charge in [0.2, 0.25) is 0 Å². The first-order valence-electron chi connectivity index (χ1n) is 14.9. The molecule has 3 nitrogen and oxygen atoms in total. The van der Waals surface area contributed by atoms with E-state index >= 15 is 0 Å². The number of hydrogen-bond donors (Lipinski definition) is 3. The summed E-state index contributed by atoms with van der Waals surface area (Å²) in [7, 11) is 0. The summed E-state index contributed by atoms with van der Waals surface area (Å²) in [5.74, 6) is 1.49. The molecule has 3 aliphatic rings. The Bertz CT molecular complexity index is 1150. The van der Waals surface area contributed by atoms with Crippen molar-refractivity contribution in [1.82, 2.24) is 10.6 Å². The van der Waals surface area contributed by atoms with Crippen LogP contribution in [-0.2, 0) is 0 Å². The van der Waals surface area contributed by atoms with Crippen LogP contribution in [0.5, 0.6) is 0 Å². The molecule has 1 fully saturated rings. The summed E-state index contributed by atoms with van der Waals surface area (Å²) in [6.45, 7) is 5.24. The molecule has 0 spiro atoms. The SMILES string of the molecule is C/C(=C(\C=C/CNC1=CCC(C2=CCNCC2)CC1)Nc1ccc(C2CCCCC2)cc1)c1ccccc1. The van der Waals surface area contributed by atoms with E-state index in [-0.39, 0.29) is 0 Å². The zero-order valence-corrected chi connectivity index (χ0v) is 23.1. The maximum absolute atomic E-state index is 3.73. The third-order valence-electron chi connectivity index (χ3n) is 8.64. The average Bonchev–Trinajstić information content (AvgIpc) is 3.00. The van der Waals surface area contributed by atoms with Gasteiger partial charge in [-0.15, -0.1) is 0 Å². The molecule has 5 rings (SSSR count). The summed E-state index contributed by atoms with van der Waals surface area (Å²) in [5, 5.41) is 10.8. The third-order valence-corrected chi connectivity index (χ3v) is 8.64. The summed E-state index contributed by atoms with van der Waals surface area (Å²) in [6, 6.07) is 19.9. The van der Waals surface area contributed by atoms with Crippen LogP contribution in [0.2, 0.25) is 0 Å². The molecule has 3 heteroatoms. The Balaban J connectivity index is 1.22. The summed E-state index contributed by atoms with van der Waals surface area (Å²) in [6.07, 6.45) is 21.0. The van der Waals surface area contributed by atoms with Crippen LogP contribution in [0.25, 0.3) is 5.57 Å². The molecule has 1 aliphatic heterocycles. The first-order chi connectivity index (χ1) is 18.8. The molecule has 0 saturated heterocycles. The Labute approximate surface area is 230 Å². The predicted molar refractivity (Wildman–Crippen MR) is 163 cm³/mol. The highest BCUT2D eigenvalue weighted by Crippen LogP contribution is 2.33.